The molecule has 2 aromatic heterocycles. The van der Waals surface area contributed by atoms with Crippen molar-refractivity contribution in [1.82, 2.24) is 15.0 Å². The van der Waals surface area contributed by atoms with Crippen LogP contribution in [0.3, 0.4) is 0 Å². The SMILES string of the molecule is CCNc1ncnc2[nH]cc(C#N)c12. The summed E-state index contributed by atoms with van der Waals surface area (Å²) in [6, 6.07) is 2.10. The summed E-state index contributed by atoms with van der Waals surface area (Å²) in [4.78, 5) is 11.0. The summed E-state index contributed by atoms with van der Waals surface area (Å²) in [5.74, 6) is 0.704. The van der Waals surface area contributed by atoms with Gasteiger partial charge in [0.2, 0.25) is 0 Å². The third-order valence-corrected chi connectivity index (χ3v) is 1.93. The molecule has 0 spiro atoms. The van der Waals surface area contributed by atoms with Crippen LogP contribution in [0.2, 0.25) is 0 Å². The van der Waals surface area contributed by atoms with Gasteiger partial charge in [0.25, 0.3) is 0 Å². The van der Waals surface area contributed by atoms with Crippen LogP contribution in [0.15, 0.2) is 12.5 Å². The minimum atomic E-state index is 0.566. The number of hydrogen-bond acceptors (Lipinski definition) is 4. The van der Waals surface area contributed by atoms with Crippen LogP contribution >= 0.6 is 0 Å². The zero-order valence-electron chi connectivity index (χ0n) is 7.70. The Bertz CT molecular complexity index is 493. The first-order valence-electron chi connectivity index (χ1n) is 4.33. The normalized spacial score (nSPS) is 10.0. The minimum absolute atomic E-state index is 0.566. The maximum Gasteiger partial charge on any atom is 0.144 e. The largest absolute Gasteiger partial charge is 0.370 e. The van der Waals surface area contributed by atoms with Gasteiger partial charge < -0.3 is 10.3 Å². The van der Waals surface area contributed by atoms with Gasteiger partial charge in [-0.25, -0.2) is 9.97 Å². The Labute approximate surface area is 80.8 Å². The molecule has 0 aliphatic heterocycles. The number of H-pyrrole nitrogens is 1. The number of nitrogens with one attached hydrogen (secondary N) is 2. The molecule has 0 aromatic carbocycles. The van der Waals surface area contributed by atoms with E-state index in [1.165, 1.54) is 6.33 Å². The third kappa shape index (κ3) is 1.17. The van der Waals surface area contributed by atoms with Crippen molar-refractivity contribution in [3.8, 4) is 6.07 Å². The van der Waals surface area contributed by atoms with Crippen LogP contribution in [0, 0.1) is 11.3 Å². The lowest BCUT2D eigenvalue weighted by Crippen LogP contribution is -2.00. The molecular weight excluding hydrogens is 178 g/mol. The lowest BCUT2D eigenvalue weighted by atomic mass is 10.2. The van der Waals surface area contributed by atoms with E-state index in [0.29, 0.717) is 17.0 Å². The fourth-order valence-corrected chi connectivity index (χ4v) is 1.35. The number of aromatic nitrogens is 3. The predicted octanol–water partition coefficient (Wildman–Crippen LogP) is 1.26. The maximum atomic E-state index is 8.86. The molecule has 0 amide bonds. The summed E-state index contributed by atoms with van der Waals surface area (Å²) in [6.07, 6.45) is 3.11. The van der Waals surface area contributed by atoms with E-state index < -0.39 is 0 Å². The summed E-state index contributed by atoms with van der Waals surface area (Å²) in [6.45, 7) is 2.74. The monoisotopic (exact) mass is 187 g/mol. The molecule has 14 heavy (non-hydrogen) atoms. The summed E-state index contributed by atoms with van der Waals surface area (Å²) < 4.78 is 0. The average molecular weight is 187 g/mol. The highest BCUT2D eigenvalue weighted by atomic mass is 15.0. The van der Waals surface area contributed by atoms with Gasteiger partial charge in [-0.15, -0.1) is 0 Å². The van der Waals surface area contributed by atoms with Gasteiger partial charge >= 0.3 is 0 Å². The summed E-state index contributed by atoms with van der Waals surface area (Å²) in [5.41, 5.74) is 1.25. The summed E-state index contributed by atoms with van der Waals surface area (Å²) >= 11 is 0. The maximum absolute atomic E-state index is 8.86. The first-order valence-corrected chi connectivity index (χ1v) is 4.33. The Morgan fingerprint density at radius 3 is 3.14 bits per heavy atom. The van der Waals surface area contributed by atoms with Crippen molar-refractivity contribution >= 4 is 16.9 Å². The molecule has 0 atom stereocenters. The highest BCUT2D eigenvalue weighted by Gasteiger charge is 2.09. The highest BCUT2D eigenvalue weighted by molar-refractivity contribution is 5.92. The van der Waals surface area contributed by atoms with E-state index in [9.17, 15) is 0 Å². The Morgan fingerprint density at radius 2 is 2.43 bits per heavy atom. The Kier molecular flexibility index (Phi) is 2.03. The summed E-state index contributed by atoms with van der Waals surface area (Å²) in [5, 5.41) is 12.7. The number of aromatic amines is 1. The molecule has 0 radical (unpaired) electrons. The van der Waals surface area contributed by atoms with Crippen molar-refractivity contribution < 1.29 is 0 Å². The average Bonchev–Trinajstić information content (AvgIpc) is 2.62. The van der Waals surface area contributed by atoms with Crippen LogP contribution in [-0.2, 0) is 0 Å². The van der Waals surface area contributed by atoms with Gasteiger partial charge in [0.15, 0.2) is 0 Å². The molecule has 0 bridgehead atoms. The van der Waals surface area contributed by atoms with E-state index >= 15 is 0 Å². The van der Waals surface area contributed by atoms with Crippen molar-refractivity contribution in [2.75, 3.05) is 11.9 Å². The number of nitrogens with zero attached hydrogens (tertiary/aromatic N) is 3. The second-order valence-electron chi connectivity index (χ2n) is 2.79. The molecule has 0 saturated heterocycles. The standard InChI is InChI=1S/C9H9N5/c1-2-11-8-7-6(3-10)4-12-9(7)14-5-13-8/h4-5H,2H2,1H3,(H2,11,12,13,14). The van der Waals surface area contributed by atoms with Crippen LogP contribution < -0.4 is 5.32 Å². The quantitative estimate of drug-likeness (QED) is 0.742. The smallest absolute Gasteiger partial charge is 0.144 e. The Hall–Kier alpha value is -2.09. The molecule has 70 valence electrons. The molecule has 2 rings (SSSR count). The molecular formula is C9H9N5. The second-order valence-corrected chi connectivity index (χ2v) is 2.79. The van der Waals surface area contributed by atoms with Crippen molar-refractivity contribution in [2.45, 2.75) is 6.92 Å². The fraction of sp³-hybridized carbons (Fsp3) is 0.222. The van der Waals surface area contributed by atoms with E-state index in [2.05, 4.69) is 26.3 Å². The lowest BCUT2D eigenvalue weighted by Gasteiger charge is -2.02. The molecule has 0 saturated carbocycles. The Balaban J connectivity index is 2.70. The van der Waals surface area contributed by atoms with Crippen LogP contribution in [0.5, 0.6) is 0 Å². The van der Waals surface area contributed by atoms with Crippen LogP contribution in [0.4, 0.5) is 5.82 Å². The molecule has 0 aliphatic rings. The highest BCUT2D eigenvalue weighted by Crippen LogP contribution is 2.21. The third-order valence-electron chi connectivity index (χ3n) is 1.93. The minimum Gasteiger partial charge on any atom is -0.370 e. The molecule has 0 aliphatic carbocycles. The molecule has 2 N–H and O–H groups in total. The van der Waals surface area contributed by atoms with E-state index in [1.807, 2.05) is 6.92 Å². The molecule has 0 fully saturated rings. The molecule has 0 unspecified atom stereocenters. The fourth-order valence-electron chi connectivity index (χ4n) is 1.35. The van der Waals surface area contributed by atoms with Crippen molar-refractivity contribution in [2.24, 2.45) is 0 Å². The first kappa shape index (κ1) is 8.51. The van der Waals surface area contributed by atoms with Crippen LogP contribution in [0.1, 0.15) is 12.5 Å². The predicted molar refractivity (Wildman–Crippen MR) is 52.8 cm³/mol. The van der Waals surface area contributed by atoms with Gasteiger partial charge in [-0.3, -0.25) is 0 Å². The van der Waals surface area contributed by atoms with Gasteiger partial charge in [0, 0.05) is 12.7 Å². The van der Waals surface area contributed by atoms with Gasteiger partial charge in [0.05, 0.1) is 10.9 Å². The molecule has 2 aromatic rings. The first-order chi connectivity index (χ1) is 6.86. The van der Waals surface area contributed by atoms with Crippen molar-refractivity contribution in [1.29, 1.82) is 5.26 Å². The van der Waals surface area contributed by atoms with E-state index in [4.69, 9.17) is 5.26 Å². The van der Waals surface area contributed by atoms with Crippen LogP contribution in [0.25, 0.3) is 11.0 Å². The summed E-state index contributed by atoms with van der Waals surface area (Å²) in [7, 11) is 0. The van der Waals surface area contributed by atoms with Crippen molar-refractivity contribution in [3.63, 3.8) is 0 Å². The number of hydrogen-bond donors (Lipinski definition) is 2. The second kappa shape index (κ2) is 3.34. The van der Waals surface area contributed by atoms with E-state index in [-0.39, 0.29) is 0 Å². The lowest BCUT2D eigenvalue weighted by molar-refractivity contribution is 1.13. The Morgan fingerprint density at radius 1 is 1.57 bits per heavy atom. The van der Waals surface area contributed by atoms with Crippen LogP contribution in [-0.4, -0.2) is 21.5 Å². The zero-order chi connectivity index (χ0) is 9.97. The number of anilines is 1. The van der Waals surface area contributed by atoms with Crippen molar-refractivity contribution in [3.05, 3.63) is 18.1 Å². The molecule has 5 nitrogen and oxygen atoms in total. The molecule has 2 heterocycles. The van der Waals surface area contributed by atoms with E-state index in [0.717, 1.165) is 11.9 Å². The van der Waals surface area contributed by atoms with Gasteiger partial charge in [-0.1, -0.05) is 0 Å². The van der Waals surface area contributed by atoms with Gasteiger partial charge in [-0.05, 0) is 6.92 Å². The van der Waals surface area contributed by atoms with Gasteiger partial charge in [0.1, 0.15) is 23.9 Å². The van der Waals surface area contributed by atoms with Gasteiger partial charge in [-0.2, -0.15) is 5.26 Å². The molecule has 5 heteroatoms. The number of rotatable bonds is 2. The number of nitriles is 1. The van der Waals surface area contributed by atoms with E-state index in [1.54, 1.807) is 6.20 Å². The topological polar surface area (TPSA) is 77.4 Å². The number of fused-ring (bicyclic) bond motifs is 1. The zero-order valence-corrected chi connectivity index (χ0v) is 7.70.